The predicted molar refractivity (Wildman–Crippen MR) is 96.0 cm³/mol. The number of hydrogen-bond donors (Lipinski definition) is 1. The van der Waals surface area contributed by atoms with Gasteiger partial charge >= 0.3 is 0 Å². The van der Waals surface area contributed by atoms with Crippen LogP contribution in [-0.2, 0) is 14.6 Å². The molecule has 0 aliphatic heterocycles. The summed E-state index contributed by atoms with van der Waals surface area (Å²) in [6.45, 7) is 0. The van der Waals surface area contributed by atoms with Gasteiger partial charge in [-0.15, -0.1) is 0 Å². The maximum atomic E-state index is 12.9. The third kappa shape index (κ3) is 5.48. The number of rotatable bonds is 8. The molecule has 2 aromatic rings. The Labute approximate surface area is 155 Å². The lowest BCUT2D eigenvalue weighted by Crippen LogP contribution is -2.15. The van der Waals surface area contributed by atoms with Crippen LogP contribution in [-0.4, -0.2) is 32.1 Å². The summed E-state index contributed by atoms with van der Waals surface area (Å²) in [6.07, 6.45) is -0.0882. The minimum Gasteiger partial charge on any atom is -0.495 e. The van der Waals surface area contributed by atoms with E-state index in [9.17, 15) is 27.7 Å². The van der Waals surface area contributed by atoms with Crippen molar-refractivity contribution in [1.82, 2.24) is 0 Å². The summed E-state index contributed by atoms with van der Waals surface area (Å²) in [5, 5.41) is 13.3. The Kier molecular flexibility index (Phi) is 6.45. The van der Waals surface area contributed by atoms with Gasteiger partial charge in [0, 0.05) is 18.6 Å². The van der Waals surface area contributed by atoms with Crippen molar-refractivity contribution in [3.8, 4) is 5.75 Å². The molecular weight excluding hydrogens is 379 g/mol. The molecule has 0 saturated carbocycles. The minimum atomic E-state index is -3.64. The first-order valence-corrected chi connectivity index (χ1v) is 9.49. The average Bonchev–Trinajstić information content (AvgIpc) is 2.61. The summed E-state index contributed by atoms with van der Waals surface area (Å²) >= 11 is 0. The largest absolute Gasteiger partial charge is 0.495 e. The molecular formula is C17H17FN2O6S. The Bertz CT molecular complexity index is 944. The van der Waals surface area contributed by atoms with Crippen LogP contribution in [0.3, 0.4) is 0 Å². The highest BCUT2D eigenvalue weighted by Crippen LogP contribution is 2.29. The van der Waals surface area contributed by atoms with Gasteiger partial charge in [0.05, 0.1) is 28.4 Å². The maximum Gasteiger partial charge on any atom is 0.271 e. The van der Waals surface area contributed by atoms with Gasteiger partial charge in [0.15, 0.2) is 9.84 Å². The molecule has 8 nitrogen and oxygen atoms in total. The molecule has 0 aliphatic rings. The first-order chi connectivity index (χ1) is 12.7. The third-order valence-corrected chi connectivity index (χ3v) is 5.47. The zero-order valence-corrected chi connectivity index (χ0v) is 15.2. The normalized spacial score (nSPS) is 11.0. The smallest absolute Gasteiger partial charge is 0.271 e. The number of halogens is 1. The van der Waals surface area contributed by atoms with Crippen molar-refractivity contribution in [1.29, 1.82) is 0 Å². The fourth-order valence-electron chi connectivity index (χ4n) is 2.30. The number of non-ortho nitro benzene ring substituents is 1. The van der Waals surface area contributed by atoms with Gasteiger partial charge in [-0.1, -0.05) is 0 Å². The Morgan fingerprint density at radius 2 is 1.89 bits per heavy atom. The Morgan fingerprint density at radius 1 is 1.22 bits per heavy atom. The molecule has 0 unspecified atom stereocenters. The molecule has 0 fully saturated rings. The molecule has 0 bridgehead atoms. The Balaban J connectivity index is 1.97. The standard InChI is InChI=1S/C17H17FN2O6S/c1-26-16-9-6-13(20(22)23)11-15(16)19-17(21)3-2-10-27(24,25)14-7-4-12(18)5-8-14/h4-9,11H,2-3,10H2,1H3,(H,19,21). The molecule has 144 valence electrons. The summed E-state index contributed by atoms with van der Waals surface area (Å²) in [6, 6.07) is 8.18. The van der Waals surface area contributed by atoms with E-state index in [1.165, 1.54) is 31.4 Å². The fourth-order valence-corrected chi connectivity index (χ4v) is 3.61. The van der Waals surface area contributed by atoms with Crippen LogP contribution in [0.15, 0.2) is 47.4 Å². The van der Waals surface area contributed by atoms with Gasteiger partial charge < -0.3 is 10.1 Å². The zero-order valence-electron chi connectivity index (χ0n) is 14.3. The van der Waals surface area contributed by atoms with Crippen molar-refractivity contribution in [2.24, 2.45) is 0 Å². The van der Waals surface area contributed by atoms with Gasteiger partial charge in [-0.25, -0.2) is 12.8 Å². The number of sulfone groups is 1. The number of nitro groups is 1. The fraction of sp³-hybridized carbons (Fsp3) is 0.235. The summed E-state index contributed by atoms with van der Waals surface area (Å²) < 4.78 is 42.2. The molecule has 27 heavy (non-hydrogen) atoms. The number of carbonyl (C=O) groups is 1. The quantitative estimate of drug-likeness (QED) is 0.417. The minimum absolute atomic E-state index is 0.0235. The van der Waals surface area contributed by atoms with Crippen molar-refractivity contribution >= 4 is 27.1 Å². The molecule has 1 amide bonds. The number of amides is 1. The molecule has 0 heterocycles. The van der Waals surface area contributed by atoms with E-state index < -0.39 is 26.5 Å². The van der Waals surface area contributed by atoms with Crippen LogP contribution in [0.2, 0.25) is 0 Å². The summed E-state index contributed by atoms with van der Waals surface area (Å²) in [4.78, 5) is 22.3. The highest BCUT2D eigenvalue weighted by molar-refractivity contribution is 7.91. The first-order valence-electron chi connectivity index (χ1n) is 7.83. The van der Waals surface area contributed by atoms with Crippen LogP contribution in [0, 0.1) is 15.9 Å². The second kappa shape index (κ2) is 8.58. The van der Waals surface area contributed by atoms with Gasteiger partial charge in [0.1, 0.15) is 11.6 Å². The second-order valence-electron chi connectivity index (χ2n) is 5.57. The topological polar surface area (TPSA) is 116 Å². The van der Waals surface area contributed by atoms with E-state index in [0.717, 1.165) is 18.2 Å². The van der Waals surface area contributed by atoms with E-state index in [-0.39, 0.29) is 40.6 Å². The SMILES string of the molecule is COc1ccc([N+](=O)[O-])cc1NC(=O)CCCS(=O)(=O)c1ccc(F)cc1. The lowest BCUT2D eigenvalue weighted by molar-refractivity contribution is -0.384. The van der Waals surface area contributed by atoms with Crippen LogP contribution in [0.5, 0.6) is 5.75 Å². The van der Waals surface area contributed by atoms with Crippen molar-refractivity contribution in [2.45, 2.75) is 17.7 Å². The van der Waals surface area contributed by atoms with Gasteiger partial charge in [0.25, 0.3) is 5.69 Å². The van der Waals surface area contributed by atoms with Gasteiger partial charge in [-0.2, -0.15) is 0 Å². The molecule has 0 aliphatic carbocycles. The zero-order chi connectivity index (χ0) is 20.0. The van der Waals surface area contributed by atoms with Gasteiger partial charge in [-0.05, 0) is 36.8 Å². The monoisotopic (exact) mass is 396 g/mol. The summed E-state index contributed by atoms with van der Waals surface area (Å²) in [5.74, 6) is -1.10. The highest BCUT2D eigenvalue weighted by atomic mass is 32.2. The maximum absolute atomic E-state index is 12.9. The number of carbonyl (C=O) groups excluding carboxylic acids is 1. The average molecular weight is 396 g/mol. The molecule has 2 rings (SSSR count). The molecule has 0 saturated heterocycles. The second-order valence-corrected chi connectivity index (χ2v) is 7.68. The van der Waals surface area contributed by atoms with Crippen molar-refractivity contribution in [2.75, 3.05) is 18.2 Å². The number of benzene rings is 2. The van der Waals surface area contributed by atoms with Crippen LogP contribution >= 0.6 is 0 Å². The number of nitrogens with one attached hydrogen (secondary N) is 1. The van der Waals surface area contributed by atoms with Crippen LogP contribution in [0.25, 0.3) is 0 Å². The number of nitrogens with zero attached hydrogens (tertiary/aromatic N) is 1. The molecule has 2 aromatic carbocycles. The van der Waals surface area contributed by atoms with E-state index >= 15 is 0 Å². The van der Waals surface area contributed by atoms with E-state index in [4.69, 9.17) is 4.74 Å². The molecule has 1 N–H and O–H groups in total. The van der Waals surface area contributed by atoms with Gasteiger partial charge in [0.2, 0.25) is 5.91 Å². The van der Waals surface area contributed by atoms with E-state index in [1.807, 2.05) is 0 Å². The van der Waals surface area contributed by atoms with Crippen LogP contribution in [0.1, 0.15) is 12.8 Å². The van der Waals surface area contributed by atoms with Gasteiger partial charge in [-0.3, -0.25) is 14.9 Å². The third-order valence-electron chi connectivity index (χ3n) is 3.66. The number of methoxy groups -OCH3 is 1. The number of ether oxygens (including phenoxy) is 1. The van der Waals surface area contributed by atoms with Crippen molar-refractivity contribution in [3.63, 3.8) is 0 Å². The van der Waals surface area contributed by atoms with E-state index in [0.29, 0.717) is 0 Å². The number of nitro benzene ring substituents is 1. The van der Waals surface area contributed by atoms with Crippen LogP contribution < -0.4 is 10.1 Å². The van der Waals surface area contributed by atoms with Crippen molar-refractivity contribution in [3.05, 3.63) is 58.4 Å². The Morgan fingerprint density at radius 3 is 2.48 bits per heavy atom. The van der Waals surface area contributed by atoms with E-state index in [1.54, 1.807) is 0 Å². The summed E-state index contributed by atoms with van der Waals surface area (Å²) in [5.41, 5.74) is -0.0944. The first kappa shape index (κ1) is 20.3. The van der Waals surface area contributed by atoms with Crippen LogP contribution in [0.4, 0.5) is 15.8 Å². The molecule has 0 aromatic heterocycles. The number of anilines is 1. The Hall–Kier alpha value is -3.01. The predicted octanol–water partition coefficient (Wildman–Crippen LogP) is 2.94. The summed E-state index contributed by atoms with van der Waals surface area (Å²) in [7, 11) is -2.28. The molecule has 0 spiro atoms. The highest BCUT2D eigenvalue weighted by Gasteiger charge is 2.17. The van der Waals surface area contributed by atoms with E-state index in [2.05, 4.69) is 5.32 Å². The van der Waals surface area contributed by atoms with Crippen molar-refractivity contribution < 1.29 is 27.3 Å². The molecule has 10 heteroatoms. The molecule has 0 atom stereocenters. The number of hydrogen-bond acceptors (Lipinski definition) is 6. The lowest BCUT2D eigenvalue weighted by atomic mass is 10.2. The lowest BCUT2D eigenvalue weighted by Gasteiger charge is -2.10. The molecule has 0 radical (unpaired) electrons.